The van der Waals surface area contributed by atoms with E-state index in [0.29, 0.717) is 11.4 Å². The molecule has 2 amide bonds. The van der Waals surface area contributed by atoms with E-state index in [-0.39, 0.29) is 27.9 Å². The van der Waals surface area contributed by atoms with Gasteiger partial charge in [0.1, 0.15) is 12.3 Å². The van der Waals surface area contributed by atoms with Gasteiger partial charge >= 0.3 is 5.97 Å². The minimum atomic E-state index is -1.12. The SMILES string of the molecule is CC1Oc2cc(C(=O)O)ccc2N(CC(=O)Nc2cccc(Cl)c2Cl)C1=O. The molecule has 0 saturated heterocycles. The number of amides is 2. The van der Waals surface area contributed by atoms with Crippen LogP contribution in [0.15, 0.2) is 36.4 Å². The summed E-state index contributed by atoms with van der Waals surface area (Å²) in [5.74, 6) is -1.81. The molecule has 9 heteroatoms. The lowest BCUT2D eigenvalue weighted by Gasteiger charge is -2.32. The lowest BCUT2D eigenvalue weighted by Crippen LogP contribution is -2.47. The predicted octanol–water partition coefficient (Wildman–Crippen LogP) is 3.44. The lowest BCUT2D eigenvalue weighted by molar-refractivity contribution is -0.127. The largest absolute Gasteiger partial charge is 0.479 e. The molecule has 0 saturated carbocycles. The van der Waals surface area contributed by atoms with Crippen LogP contribution >= 0.6 is 23.2 Å². The van der Waals surface area contributed by atoms with E-state index in [0.717, 1.165) is 0 Å². The Labute approximate surface area is 164 Å². The quantitative estimate of drug-likeness (QED) is 0.807. The van der Waals surface area contributed by atoms with Gasteiger partial charge in [-0.3, -0.25) is 14.5 Å². The number of hydrogen-bond donors (Lipinski definition) is 2. The zero-order valence-corrected chi connectivity index (χ0v) is 15.5. The fourth-order valence-electron chi connectivity index (χ4n) is 2.64. The summed E-state index contributed by atoms with van der Waals surface area (Å²) in [6, 6.07) is 8.90. The van der Waals surface area contributed by atoms with Crippen LogP contribution in [0, 0.1) is 0 Å². The maximum Gasteiger partial charge on any atom is 0.335 e. The third kappa shape index (κ3) is 3.84. The summed E-state index contributed by atoms with van der Waals surface area (Å²) < 4.78 is 5.48. The zero-order valence-electron chi connectivity index (χ0n) is 14.0. The van der Waals surface area contributed by atoms with Crippen molar-refractivity contribution >= 4 is 52.4 Å². The second kappa shape index (κ2) is 7.46. The van der Waals surface area contributed by atoms with E-state index in [4.69, 9.17) is 33.0 Å². The van der Waals surface area contributed by atoms with Gasteiger partial charge in [0.05, 0.1) is 27.0 Å². The molecule has 2 N–H and O–H groups in total. The van der Waals surface area contributed by atoms with E-state index in [2.05, 4.69) is 5.32 Å². The van der Waals surface area contributed by atoms with Crippen LogP contribution in [0.3, 0.4) is 0 Å². The van der Waals surface area contributed by atoms with E-state index < -0.39 is 23.9 Å². The first-order chi connectivity index (χ1) is 12.8. The molecule has 2 aromatic carbocycles. The number of rotatable bonds is 4. The monoisotopic (exact) mass is 408 g/mol. The molecule has 1 aliphatic rings. The van der Waals surface area contributed by atoms with Gasteiger partial charge in [0.15, 0.2) is 6.10 Å². The molecule has 0 bridgehead atoms. The highest BCUT2D eigenvalue weighted by atomic mass is 35.5. The number of aromatic carboxylic acids is 1. The van der Waals surface area contributed by atoms with Gasteiger partial charge in [-0.1, -0.05) is 29.3 Å². The highest BCUT2D eigenvalue weighted by Gasteiger charge is 2.33. The van der Waals surface area contributed by atoms with Crippen LogP contribution in [0.2, 0.25) is 10.0 Å². The second-order valence-electron chi connectivity index (χ2n) is 5.82. The molecule has 0 aromatic heterocycles. The van der Waals surface area contributed by atoms with Crippen LogP contribution < -0.4 is 15.0 Å². The number of carbonyl (C=O) groups is 3. The minimum absolute atomic E-state index is 0.0189. The van der Waals surface area contributed by atoms with Crippen molar-refractivity contribution in [1.82, 2.24) is 0 Å². The van der Waals surface area contributed by atoms with Gasteiger partial charge in [0.25, 0.3) is 5.91 Å². The zero-order chi connectivity index (χ0) is 19.7. The van der Waals surface area contributed by atoms with Gasteiger partial charge in [0.2, 0.25) is 5.91 Å². The van der Waals surface area contributed by atoms with Gasteiger partial charge in [-0.05, 0) is 37.3 Å². The highest BCUT2D eigenvalue weighted by Crippen LogP contribution is 2.35. The standard InChI is InChI=1S/C18H14Cl2N2O5/c1-9-17(24)22(13-6-5-10(18(25)26)7-14(13)27-9)8-15(23)21-12-4-2-3-11(19)16(12)20/h2-7,9H,8H2,1H3,(H,21,23)(H,25,26). The van der Waals surface area contributed by atoms with Crippen LogP contribution in [-0.2, 0) is 9.59 Å². The number of hydrogen-bond acceptors (Lipinski definition) is 4. The topological polar surface area (TPSA) is 95.9 Å². The summed E-state index contributed by atoms with van der Waals surface area (Å²) in [5.41, 5.74) is 0.658. The van der Waals surface area contributed by atoms with E-state index >= 15 is 0 Å². The second-order valence-corrected chi connectivity index (χ2v) is 6.61. The average molecular weight is 409 g/mol. The molecule has 0 fully saturated rings. The third-order valence-electron chi connectivity index (χ3n) is 3.94. The number of carboxylic acids is 1. The van der Waals surface area contributed by atoms with Crippen molar-refractivity contribution in [2.24, 2.45) is 0 Å². The van der Waals surface area contributed by atoms with E-state index in [1.165, 1.54) is 30.0 Å². The molecule has 2 aromatic rings. The molecule has 140 valence electrons. The fourth-order valence-corrected chi connectivity index (χ4v) is 2.99. The van der Waals surface area contributed by atoms with Crippen LogP contribution in [-0.4, -0.2) is 35.5 Å². The molecule has 27 heavy (non-hydrogen) atoms. The molecular weight excluding hydrogens is 395 g/mol. The minimum Gasteiger partial charge on any atom is -0.479 e. The number of anilines is 2. The molecule has 1 aliphatic heterocycles. The van der Waals surface area contributed by atoms with Crippen LogP contribution in [0.1, 0.15) is 17.3 Å². The van der Waals surface area contributed by atoms with Crippen LogP contribution in [0.4, 0.5) is 11.4 Å². The summed E-state index contributed by atoms with van der Waals surface area (Å²) in [6.07, 6.45) is -0.857. The first-order valence-electron chi connectivity index (χ1n) is 7.87. The van der Waals surface area contributed by atoms with Crippen LogP contribution in [0.25, 0.3) is 0 Å². The smallest absolute Gasteiger partial charge is 0.335 e. The average Bonchev–Trinajstić information content (AvgIpc) is 2.62. The lowest BCUT2D eigenvalue weighted by atomic mass is 10.1. The van der Waals surface area contributed by atoms with Gasteiger partial charge in [-0.15, -0.1) is 0 Å². The van der Waals surface area contributed by atoms with Gasteiger partial charge in [-0.2, -0.15) is 0 Å². The number of nitrogens with zero attached hydrogens (tertiary/aromatic N) is 1. The van der Waals surface area contributed by atoms with E-state index in [9.17, 15) is 14.4 Å². The van der Waals surface area contributed by atoms with Gasteiger partial charge < -0.3 is 15.2 Å². The highest BCUT2D eigenvalue weighted by molar-refractivity contribution is 6.44. The molecular formula is C18H14Cl2N2O5. The molecule has 7 nitrogen and oxygen atoms in total. The number of carbonyl (C=O) groups excluding carboxylic acids is 2. The van der Waals surface area contributed by atoms with Crippen molar-refractivity contribution in [2.75, 3.05) is 16.8 Å². The van der Waals surface area contributed by atoms with Crippen molar-refractivity contribution in [3.8, 4) is 5.75 Å². The molecule has 0 spiro atoms. The van der Waals surface area contributed by atoms with Crippen LogP contribution in [0.5, 0.6) is 5.75 Å². The van der Waals surface area contributed by atoms with Crippen molar-refractivity contribution in [3.05, 3.63) is 52.0 Å². The third-order valence-corrected chi connectivity index (χ3v) is 4.76. The Kier molecular flexibility index (Phi) is 5.25. The van der Waals surface area contributed by atoms with Crippen molar-refractivity contribution < 1.29 is 24.2 Å². The molecule has 1 atom stereocenters. The Morgan fingerprint density at radius 2 is 2.00 bits per heavy atom. The number of nitrogens with one attached hydrogen (secondary N) is 1. The first kappa shape index (κ1) is 19.0. The van der Waals surface area contributed by atoms with E-state index in [1.54, 1.807) is 18.2 Å². The normalized spacial score (nSPS) is 15.7. The molecule has 0 aliphatic carbocycles. The van der Waals surface area contributed by atoms with Crippen molar-refractivity contribution in [1.29, 1.82) is 0 Å². The first-order valence-corrected chi connectivity index (χ1v) is 8.62. The molecule has 3 rings (SSSR count). The predicted molar refractivity (Wildman–Crippen MR) is 101 cm³/mol. The van der Waals surface area contributed by atoms with Crippen molar-refractivity contribution in [3.63, 3.8) is 0 Å². The number of ether oxygens (including phenoxy) is 1. The summed E-state index contributed by atoms with van der Waals surface area (Å²) in [4.78, 5) is 37.3. The van der Waals surface area contributed by atoms with Gasteiger partial charge in [-0.25, -0.2) is 4.79 Å². The summed E-state index contributed by atoms with van der Waals surface area (Å²) >= 11 is 12.0. The fraction of sp³-hybridized carbons (Fsp3) is 0.167. The maximum atomic E-state index is 12.5. The van der Waals surface area contributed by atoms with E-state index in [1.807, 2.05) is 0 Å². The molecule has 1 unspecified atom stereocenters. The Morgan fingerprint density at radius 1 is 1.26 bits per heavy atom. The number of fused-ring (bicyclic) bond motifs is 1. The number of halogens is 2. The van der Waals surface area contributed by atoms with Gasteiger partial charge in [0, 0.05) is 0 Å². The summed E-state index contributed by atoms with van der Waals surface area (Å²) in [7, 11) is 0. The maximum absolute atomic E-state index is 12.5. The molecule has 1 heterocycles. The molecule has 0 radical (unpaired) electrons. The Morgan fingerprint density at radius 3 is 2.70 bits per heavy atom. The number of benzene rings is 2. The summed E-state index contributed by atoms with van der Waals surface area (Å²) in [5, 5.41) is 12.2. The Balaban J connectivity index is 1.85. The summed E-state index contributed by atoms with van der Waals surface area (Å²) in [6.45, 7) is 1.23. The Hall–Kier alpha value is -2.77. The Bertz CT molecular complexity index is 947. The van der Waals surface area contributed by atoms with Crippen molar-refractivity contribution in [2.45, 2.75) is 13.0 Å². The number of carboxylic acid groups (broad SMARTS) is 1.